The minimum atomic E-state index is -2.98. The van der Waals surface area contributed by atoms with Crippen LogP contribution in [-0.2, 0) is 35.3 Å². The summed E-state index contributed by atoms with van der Waals surface area (Å²) in [7, 11) is 0. The maximum Gasteiger partial charge on any atom is 0.363 e. The topological polar surface area (TPSA) is 215 Å². The van der Waals surface area contributed by atoms with Crippen LogP contribution in [0, 0.1) is 0 Å². The molecule has 1 aromatic rings. The first-order valence-electron chi connectivity index (χ1n) is 11.0. The van der Waals surface area contributed by atoms with E-state index in [1.54, 1.807) is 0 Å². The average Bonchev–Trinajstić information content (AvgIpc) is 2.77. The van der Waals surface area contributed by atoms with Gasteiger partial charge in [-0.05, 0) is 74.6 Å². The average molecular weight is 666 g/mol. The molecule has 0 radical (unpaired) electrons. The van der Waals surface area contributed by atoms with Crippen molar-refractivity contribution < 1.29 is 38.6 Å². The van der Waals surface area contributed by atoms with Gasteiger partial charge in [-0.25, -0.2) is 15.5 Å². The van der Waals surface area contributed by atoms with Gasteiger partial charge in [0.15, 0.2) is 0 Å². The SMILES string of the molecule is CC(C)(C)OC(=O)C(ON)(C(=O)NCCNC(=O)c1c(CO)cc(Br)c(N=[N+]=[N-])c1Br)C(=O)OC(C)(C)C. The van der Waals surface area contributed by atoms with Gasteiger partial charge >= 0.3 is 17.5 Å². The van der Waals surface area contributed by atoms with Gasteiger partial charge < -0.3 is 25.2 Å². The molecule has 0 aliphatic heterocycles. The number of carbonyl (C=O) groups is 4. The molecule has 0 atom stereocenters. The van der Waals surface area contributed by atoms with Crippen LogP contribution in [0.25, 0.3) is 10.4 Å². The molecule has 0 aliphatic carbocycles. The maximum atomic E-state index is 13.1. The quantitative estimate of drug-likeness (QED) is 0.0549. The van der Waals surface area contributed by atoms with Gasteiger partial charge in [-0.3, -0.25) is 14.4 Å². The number of aliphatic hydroxyl groups is 1. The number of halogens is 2. The first-order chi connectivity index (χ1) is 17.4. The summed E-state index contributed by atoms with van der Waals surface area (Å²) < 4.78 is 10.9. The van der Waals surface area contributed by atoms with E-state index in [-0.39, 0.29) is 34.4 Å². The number of nitrogens with one attached hydrogen (secondary N) is 2. The lowest BCUT2D eigenvalue weighted by molar-refractivity contribution is -0.204. The Labute approximate surface area is 235 Å². The van der Waals surface area contributed by atoms with E-state index < -0.39 is 47.2 Å². The Morgan fingerprint density at radius 2 is 1.53 bits per heavy atom. The van der Waals surface area contributed by atoms with Crippen molar-refractivity contribution in [1.29, 1.82) is 0 Å². The molecule has 0 heterocycles. The molecule has 0 saturated heterocycles. The van der Waals surface area contributed by atoms with Crippen LogP contribution < -0.4 is 16.5 Å². The molecule has 16 heteroatoms. The van der Waals surface area contributed by atoms with Crippen LogP contribution in [0.4, 0.5) is 5.69 Å². The number of hydrogen-bond acceptors (Lipinski definition) is 10. The lowest BCUT2D eigenvalue weighted by Crippen LogP contribution is -2.64. The molecule has 0 spiro atoms. The van der Waals surface area contributed by atoms with Gasteiger partial charge in [0, 0.05) is 26.9 Å². The number of nitrogens with zero attached hydrogens (tertiary/aromatic N) is 3. The fourth-order valence-corrected chi connectivity index (χ4v) is 4.40. The van der Waals surface area contributed by atoms with Crippen LogP contribution in [0.2, 0.25) is 0 Å². The largest absolute Gasteiger partial charge is 0.457 e. The molecule has 2 amide bonds. The van der Waals surface area contributed by atoms with Gasteiger partial charge in [0.2, 0.25) is 0 Å². The number of nitrogens with two attached hydrogens (primary N) is 1. The number of esters is 2. The summed E-state index contributed by atoms with van der Waals surface area (Å²) in [5.41, 5.74) is 3.89. The van der Waals surface area contributed by atoms with Crippen molar-refractivity contribution in [3.63, 3.8) is 0 Å². The molecule has 38 heavy (non-hydrogen) atoms. The van der Waals surface area contributed by atoms with Gasteiger partial charge in [-0.1, -0.05) is 21.0 Å². The van der Waals surface area contributed by atoms with Crippen LogP contribution in [0.1, 0.15) is 57.5 Å². The van der Waals surface area contributed by atoms with Crippen molar-refractivity contribution in [2.75, 3.05) is 13.1 Å². The summed E-state index contributed by atoms with van der Waals surface area (Å²) in [4.78, 5) is 59.0. The molecule has 0 aromatic heterocycles. The van der Waals surface area contributed by atoms with Crippen molar-refractivity contribution in [3.8, 4) is 0 Å². The third-order valence-electron chi connectivity index (χ3n) is 4.38. The van der Waals surface area contributed by atoms with Crippen LogP contribution in [0.3, 0.4) is 0 Å². The van der Waals surface area contributed by atoms with Gasteiger partial charge in [0.25, 0.3) is 11.8 Å². The van der Waals surface area contributed by atoms with Crippen molar-refractivity contribution in [3.05, 3.63) is 36.6 Å². The fraction of sp³-hybridized carbons (Fsp3) is 0.545. The second-order valence-electron chi connectivity index (χ2n) is 9.72. The van der Waals surface area contributed by atoms with Crippen molar-refractivity contribution in [1.82, 2.24) is 10.6 Å². The number of ether oxygens (including phenoxy) is 2. The summed E-state index contributed by atoms with van der Waals surface area (Å²) in [6, 6.07) is 1.42. The van der Waals surface area contributed by atoms with E-state index in [1.165, 1.54) is 47.6 Å². The van der Waals surface area contributed by atoms with Crippen molar-refractivity contribution in [2.45, 2.75) is 65.0 Å². The molecule has 0 unspecified atom stereocenters. The van der Waals surface area contributed by atoms with Crippen LogP contribution >= 0.6 is 31.9 Å². The molecule has 0 saturated carbocycles. The van der Waals surface area contributed by atoms with E-state index in [1.807, 2.05) is 0 Å². The summed E-state index contributed by atoms with van der Waals surface area (Å²) in [5, 5.41) is 18.0. The standard InChI is InChI=1S/C22H30Br2N6O8/c1-20(2,3)36-18(34)22(38-26,19(35)37-21(4,5)6)17(33)28-8-7-27-16(32)13-11(10-31)9-12(23)15(14(13)24)29-30-25/h9,31H,7-8,10,26H2,1-6H3,(H,27,32)(H,28,33). The van der Waals surface area contributed by atoms with Gasteiger partial charge in [-0.2, -0.15) is 0 Å². The van der Waals surface area contributed by atoms with Crippen LogP contribution in [0.5, 0.6) is 0 Å². The Hall–Kier alpha value is -2.75. The zero-order valence-electron chi connectivity index (χ0n) is 21.7. The minimum absolute atomic E-state index is 0.00780. The normalized spacial score (nSPS) is 11.7. The van der Waals surface area contributed by atoms with E-state index in [0.29, 0.717) is 4.47 Å². The molecular weight excluding hydrogens is 636 g/mol. The van der Waals surface area contributed by atoms with E-state index in [0.717, 1.165) is 0 Å². The molecule has 0 fully saturated rings. The van der Waals surface area contributed by atoms with Gasteiger partial charge in [0.1, 0.15) is 11.2 Å². The molecule has 1 aromatic carbocycles. The highest BCUT2D eigenvalue weighted by atomic mass is 79.9. The van der Waals surface area contributed by atoms with Crippen LogP contribution in [0.15, 0.2) is 20.1 Å². The molecule has 0 aliphatic rings. The summed E-state index contributed by atoms with van der Waals surface area (Å²) in [6.45, 7) is 8.12. The summed E-state index contributed by atoms with van der Waals surface area (Å²) >= 11 is 6.41. The van der Waals surface area contributed by atoms with Crippen molar-refractivity contribution in [2.24, 2.45) is 11.0 Å². The van der Waals surface area contributed by atoms with E-state index >= 15 is 0 Å². The van der Waals surface area contributed by atoms with Crippen LogP contribution in [-0.4, -0.2) is 58.8 Å². The number of amides is 2. The second kappa shape index (κ2) is 13.4. The highest BCUT2D eigenvalue weighted by molar-refractivity contribution is 9.11. The Kier molecular flexibility index (Phi) is 11.7. The lowest BCUT2D eigenvalue weighted by atomic mass is 10.0. The highest BCUT2D eigenvalue weighted by Gasteiger charge is 2.59. The van der Waals surface area contributed by atoms with Gasteiger partial charge in [0.05, 0.1) is 17.9 Å². The lowest BCUT2D eigenvalue weighted by Gasteiger charge is -2.32. The predicted molar refractivity (Wildman–Crippen MR) is 142 cm³/mol. The van der Waals surface area contributed by atoms with E-state index in [2.05, 4.69) is 57.4 Å². The number of azide groups is 1. The number of aliphatic hydroxyl groups excluding tert-OH is 1. The molecular formula is C22H30Br2N6O8. The monoisotopic (exact) mass is 664 g/mol. The van der Waals surface area contributed by atoms with E-state index in [9.17, 15) is 24.3 Å². The second-order valence-corrected chi connectivity index (χ2v) is 11.4. The number of carbonyl (C=O) groups excluding carboxylic acids is 4. The number of rotatable bonds is 10. The first-order valence-corrected chi connectivity index (χ1v) is 12.6. The summed E-state index contributed by atoms with van der Waals surface area (Å²) in [6.07, 6.45) is 0. The third-order valence-corrected chi connectivity index (χ3v) is 5.76. The molecule has 1 rings (SSSR count). The molecule has 5 N–H and O–H groups in total. The number of benzene rings is 1. The highest BCUT2D eigenvalue weighted by Crippen LogP contribution is 2.38. The molecule has 0 bridgehead atoms. The smallest absolute Gasteiger partial charge is 0.363 e. The Morgan fingerprint density at radius 3 is 1.95 bits per heavy atom. The summed E-state index contributed by atoms with van der Waals surface area (Å²) in [5.74, 6) is 0.543. The fourth-order valence-electron chi connectivity index (χ4n) is 2.85. The number of hydrogen-bond donors (Lipinski definition) is 4. The third kappa shape index (κ3) is 8.38. The van der Waals surface area contributed by atoms with Crippen molar-refractivity contribution >= 4 is 61.3 Å². The molecule has 14 nitrogen and oxygen atoms in total. The zero-order chi connectivity index (χ0) is 29.5. The zero-order valence-corrected chi connectivity index (χ0v) is 24.9. The minimum Gasteiger partial charge on any atom is -0.457 e. The Balaban J connectivity index is 3.13. The first kappa shape index (κ1) is 33.3. The molecule has 210 valence electrons. The predicted octanol–water partition coefficient (Wildman–Crippen LogP) is 2.80. The maximum absolute atomic E-state index is 13.1. The van der Waals surface area contributed by atoms with Gasteiger partial charge in [-0.15, -0.1) is 0 Å². The Morgan fingerprint density at radius 1 is 1.03 bits per heavy atom. The Bertz CT molecular complexity index is 1110. The van der Waals surface area contributed by atoms with E-state index in [4.69, 9.17) is 20.9 Å².